The lowest BCUT2D eigenvalue weighted by Gasteiger charge is -2.14. The molecule has 24 heavy (non-hydrogen) atoms. The smallest absolute Gasteiger partial charge is 0.262 e. The molecule has 1 N–H and O–H groups in total. The summed E-state index contributed by atoms with van der Waals surface area (Å²) in [6.45, 7) is 1.54. The number of carbonyl (C=O) groups excluding carboxylic acids is 1. The average Bonchev–Trinajstić information content (AvgIpc) is 2.53. The third-order valence-electron chi connectivity index (χ3n) is 2.98. The van der Waals surface area contributed by atoms with E-state index in [1.807, 2.05) is 19.1 Å². The van der Waals surface area contributed by atoms with E-state index in [1.165, 1.54) is 0 Å². The number of ether oxygens (including phenoxy) is 1. The number of rotatable bonds is 4. The van der Waals surface area contributed by atoms with Crippen molar-refractivity contribution in [1.29, 1.82) is 0 Å². The number of anilines is 1. The zero-order chi connectivity index (χ0) is 18.0. The van der Waals surface area contributed by atoms with Crippen molar-refractivity contribution in [1.82, 2.24) is 0 Å². The van der Waals surface area contributed by atoms with Gasteiger partial charge in [0.2, 0.25) is 0 Å². The summed E-state index contributed by atoms with van der Waals surface area (Å²) in [6.07, 6.45) is 0. The molecule has 0 aromatic heterocycles. The Balaban J connectivity index is 2.12. The second-order valence-corrected chi connectivity index (χ2v) is 7.50. The number of aryl methyl sites for hydroxylation is 1. The fraction of sp³-hybridized carbons (Fsp3) is 0.133. The summed E-state index contributed by atoms with van der Waals surface area (Å²) in [7, 11) is 0. The Kier molecular flexibility index (Phi) is 6.94. The molecule has 0 fully saturated rings. The Hall–Kier alpha value is -0.360. The van der Waals surface area contributed by atoms with Gasteiger partial charge in [0.25, 0.3) is 5.91 Å². The van der Waals surface area contributed by atoms with Gasteiger partial charge in [0.05, 0.1) is 15.1 Å². The van der Waals surface area contributed by atoms with Crippen molar-refractivity contribution in [2.24, 2.45) is 0 Å². The van der Waals surface area contributed by atoms with E-state index in [1.54, 1.807) is 6.07 Å². The zero-order valence-electron chi connectivity index (χ0n) is 12.0. The van der Waals surface area contributed by atoms with Crippen LogP contribution in [0.2, 0.25) is 25.1 Å². The van der Waals surface area contributed by atoms with E-state index in [-0.39, 0.29) is 37.5 Å². The maximum Gasteiger partial charge on any atom is 0.262 e. The van der Waals surface area contributed by atoms with Gasteiger partial charge in [-0.3, -0.25) is 4.79 Å². The number of hydrogen-bond donors (Lipinski definition) is 1. The molecule has 1 amide bonds. The molecule has 9 heteroatoms. The molecule has 0 aliphatic rings. The highest BCUT2D eigenvalue weighted by Crippen LogP contribution is 2.48. The lowest BCUT2D eigenvalue weighted by Crippen LogP contribution is -2.21. The first-order valence-electron chi connectivity index (χ1n) is 6.42. The quantitative estimate of drug-likeness (QED) is 0.367. The van der Waals surface area contributed by atoms with E-state index >= 15 is 0 Å². The number of benzene rings is 2. The molecule has 0 bridgehead atoms. The van der Waals surface area contributed by atoms with Gasteiger partial charge >= 0.3 is 0 Å². The number of nitrogens with one attached hydrogen (secondary N) is 1. The highest BCUT2D eigenvalue weighted by atomic mass is 79.9. The third kappa shape index (κ3) is 4.43. The molecule has 3 nitrogen and oxygen atoms in total. The first-order valence-corrected chi connectivity index (χ1v) is 9.11. The van der Waals surface area contributed by atoms with E-state index in [0.717, 1.165) is 10.0 Å². The number of carbonyl (C=O) groups is 1. The van der Waals surface area contributed by atoms with Crippen molar-refractivity contribution in [3.8, 4) is 5.75 Å². The van der Waals surface area contributed by atoms with Gasteiger partial charge < -0.3 is 10.1 Å². The van der Waals surface area contributed by atoms with Crippen LogP contribution in [-0.4, -0.2) is 12.5 Å². The average molecular weight is 492 g/mol. The molecule has 0 radical (unpaired) electrons. The highest BCUT2D eigenvalue weighted by molar-refractivity contribution is 9.10. The molecule has 0 unspecified atom stereocenters. The fourth-order valence-electron chi connectivity index (χ4n) is 1.80. The van der Waals surface area contributed by atoms with Crippen molar-refractivity contribution >= 4 is 85.5 Å². The summed E-state index contributed by atoms with van der Waals surface area (Å²) >= 11 is 33.2. The molecule has 128 valence electrons. The monoisotopic (exact) mass is 489 g/mol. The second-order valence-electron chi connectivity index (χ2n) is 4.70. The van der Waals surface area contributed by atoms with Gasteiger partial charge in [0.1, 0.15) is 10.0 Å². The van der Waals surface area contributed by atoms with Crippen molar-refractivity contribution < 1.29 is 9.53 Å². The van der Waals surface area contributed by atoms with E-state index in [4.69, 9.17) is 62.7 Å². The van der Waals surface area contributed by atoms with Crippen LogP contribution >= 0.6 is 73.9 Å². The van der Waals surface area contributed by atoms with Gasteiger partial charge in [-0.1, -0.05) is 73.9 Å². The van der Waals surface area contributed by atoms with Crippen LogP contribution in [0.15, 0.2) is 22.7 Å². The summed E-state index contributed by atoms with van der Waals surface area (Å²) in [6, 6.07) is 5.46. The van der Waals surface area contributed by atoms with Gasteiger partial charge in [0, 0.05) is 10.2 Å². The van der Waals surface area contributed by atoms with Gasteiger partial charge in [-0.25, -0.2) is 0 Å². The molecule has 2 aromatic rings. The molecule has 0 atom stereocenters. The van der Waals surface area contributed by atoms with Gasteiger partial charge in [-0.2, -0.15) is 0 Å². The number of amides is 1. The SMILES string of the molecule is Cc1cc(Br)ccc1NC(=O)COc1c(Cl)c(Cl)c(Cl)c(Cl)c1Cl. The highest BCUT2D eigenvalue weighted by Gasteiger charge is 2.21. The summed E-state index contributed by atoms with van der Waals surface area (Å²) in [5.74, 6) is -0.393. The number of halogens is 6. The summed E-state index contributed by atoms with van der Waals surface area (Å²) in [5.41, 5.74) is 1.56. The van der Waals surface area contributed by atoms with Crippen LogP contribution in [0.5, 0.6) is 5.75 Å². The summed E-state index contributed by atoms with van der Waals surface area (Å²) in [5, 5.41) is 2.74. The van der Waals surface area contributed by atoms with E-state index < -0.39 is 5.91 Å². The lowest BCUT2D eigenvalue weighted by atomic mass is 10.2. The largest absolute Gasteiger partial charge is 0.481 e. The van der Waals surface area contributed by atoms with Crippen LogP contribution in [-0.2, 0) is 4.79 Å². The Morgan fingerprint density at radius 2 is 1.58 bits per heavy atom. The predicted molar refractivity (Wildman–Crippen MR) is 104 cm³/mol. The van der Waals surface area contributed by atoms with Crippen LogP contribution in [0.3, 0.4) is 0 Å². The normalized spacial score (nSPS) is 10.6. The number of hydrogen-bond acceptors (Lipinski definition) is 2. The Bertz CT molecular complexity index is 784. The van der Waals surface area contributed by atoms with Crippen LogP contribution in [0.4, 0.5) is 5.69 Å². The Morgan fingerprint density at radius 3 is 2.12 bits per heavy atom. The third-order valence-corrected chi connectivity index (χ3v) is 5.71. The van der Waals surface area contributed by atoms with Crippen LogP contribution in [0.1, 0.15) is 5.56 Å². The van der Waals surface area contributed by atoms with E-state index in [9.17, 15) is 4.79 Å². The van der Waals surface area contributed by atoms with Gasteiger partial charge in [-0.05, 0) is 30.7 Å². The molecule has 0 heterocycles. The predicted octanol–water partition coefficient (Wildman–Crippen LogP) is 7.04. The lowest BCUT2D eigenvalue weighted by molar-refractivity contribution is -0.118. The van der Waals surface area contributed by atoms with Crippen LogP contribution < -0.4 is 10.1 Å². The minimum atomic E-state index is -0.394. The summed E-state index contributed by atoms with van der Waals surface area (Å²) < 4.78 is 6.28. The van der Waals surface area contributed by atoms with Crippen molar-refractivity contribution in [3.05, 3.63) is 53.3 Å². The van der Waals surface area contributed by atoms with E-state index in [2.05, 4.69) is 21.2 Å². The van der Waals surface area contributed by atoms with Crippen molar-refractivity contribution in [2.45, 2.75) is 6.92 Å². The Morgan fingerprint density at radius 1 is 1.04 bits per heavy atom. The second kappa shape index (κ2) is 8.35. The Labute approximate surface area is 172 Å². The fourth-order valence-corrected chi connectivity index (χ4v) is 3.51. The van der Waals surface area contributed by atoms with Gasteiger partial charge in [-0.15, -0.1) is 0 Å². The first-order chi connectivity index (χ1) is 11.2. The molecular weight excluding hydrogens is 483 g/mol. The topological polar surface area (TPSA) is 38.3 Å². The maximum absolute atomic E-state index is 12.1. The molecular formula is C15H9BrCl5NO2. The van der Waals surface area contributed by atoms with Gasteiger partial charge in [0.15, 0.2) is 12.4 Å². The van der Waals surface area contributed by atoms with Crippen LogP contribution in [0, 0.1) is 6.92 Å². The molecule has 0 saturated heterocycles. The van der Waals surface area contributed by atoms with Crippen molar-refractivity contribution in [2.75, 3.05) is 11.9 Å². The molecule has 2 aromatic carbocycles. The molecule has 0 spiro atoms. The molecule has 0 saturated carbocycles. The molecule has 0 aliphatic heterocycles. The first kappa shape index (κ1) is 20.0. The maximum atomic E-state index is 12.1. The van der Waals surface area contributed by atoms with Crippen molar-refractivity contribution in [3.63, 3.8) is 0 Å². The van der Waals surface area contributed by atoms with E-state index in [0.29, 0.717) is 5.69 Å². The molecule has 0 aliphatic carbocycles. The summed E-state index contributed by atoms with van der Waals surface area (Å²) in [4.78, 5) is 12.1. The minimum Gasteiger partial charge on any atom is -0.481 e. The minimum absolute atomic E-state index is 0.000381. The standard InChI is InChI=1S/C15H9BrCl5NO2/c1-6-4-7(16)2-3-8(6)22-9(23)5-24-15-13(20)11(18)10(17)12(19)14(15)21/h2-4H,5H2,1H3,(H,22,23). The zero-order valence-corrected chi connectivity index (χ0v) is 17.4. The van der Waals surface area contributed by atoms with Crippen LogP contribution in [0.25, 0.3) is 0 Å². The molecule has 2 rings (SSSR count).